The number of fused-ring (bicyclic) bond motifs is 2. The minimum Gasteiger partial charge on any atom is -0.361 e. The maximum absolute atomic E-state index is 12.4. The Morgan fingerprint density at radius 1 is 0.935 bits per heavy atom. The number of benzene rings is 3. The minimum absolute atomic E-state index is 0.246. The largest absolute Gasteiger partial charge is 0.361 e. The van der Waals surface area contributed by atoms with Crippen LogP contribution in [0.1, 0.15) is 11.4 Å². The Morgan fingerprint density at radius 2 is 1.81 bits per heavy atom. The third kappa shape index (κ3) is 3.65. The summed E-state index contributed by atoms with van der Waals surface area (Å²) < 4.78 is 27.2. The van der Waals surface area contributed by atoms with E-state index < -0.39 is 10.0 Å². The van der Waals surface area contributed by atoms with Crippen LogP contribution in [0.2, 0.25) is 0 Å². The van der Waals surface area contributed by atoms with E-state index in [-0.39, 0.29) is 4.90 Å². The van der Waals surface area contributed by atoms with Crippen LogP contribution in [0.3, 0.4) is 0 Å². The summed E-state index contributed by atoms with van der Waals surface area (Å²) >= 11 is 0. The van der Waals surface area contributed by atoms with Crippen molar-refractivity contribution in [3.8, 4) is 11.1 Å². The van der Waals surface area contributed by atoms with Crippen molar-refractivity contribution >= 4 is 44.1 Å². The number of sulfonamides is 1. The molecule has 0 radical (unpaired) electrons. The zero-order valence-corrected chi connectivity index (χ0v) is 17.6. The molecule has 0 saturated heterocycles. The molecule has 2 heterocycles. The lowest BCUT2D eigenvalue weighted by Crippen LogP contribution is -2.19. The van der Waals surface area contributed by atoms with E-state index in [1.54, 1.807) is 18.2 Å². The lowest BCUT2D eigenvalue weighted by Gasteiger charge is -2.09. The van der Waals surface area contributed by atoms with Gasteiger partial charge >= 0.3 is 0 Å². The van der Waals surface area contributed by atoms with Crippen LogP contribution in [0.4, 0.5) is 0 Å². The van der Waals surface area contributed by atoms with Gasteiger partial charge in [-0.1, -0.05) is 42.5 Å². The van der Waals surface area contributed by atoms with Gasteiger partial charge in [0, 0.05) is 17.3 Å². The van der Waals surface area contributed by atoms with Crippen LogP contribution in [0, 0.1) is 0 Å². The SMILES string of the molecule is CNS(=O)(=O)c1ccccc1-c1ccc2nc(/C=C/c3ccc4cc[nH]c4c3)[nH]c2c1. The molecule has 0 spiro atoms. The first-order chi connectivity index (χ1) is 15.0. The standard InChI is InChI=1S/C24H20N4O2S/c1-25-31(29,30)23-5-3-2-4-19(23)18-9-10-20-22(15-18)28-24(27-20)11-7-16-6-8-17-12-13-26-21(17)14-16/h2-15,25-26H,1H3,(H,27,28)/b11-7+. The number of hydrogen-bond donors (Lipinski definition) is 3. The van der Waals surface area contributed by atoms with E-state index in [2.05, 4.69) is 37.9 Å². The summed E-state index contributed by atoms with van der Waals surface area (Å²) in [6, 6.07) is 20.9. The topological polar surface area (TPSA) is 90.6 Å². The maximum Gasteiger partial charge on any atom is 0.240 e. The van der Waals surface area contributed by atoms with Crippen molar-refractivity contribution in [2.45, 2.75) is 4.90 Å². The Hall–Kier alpha value is -3.68. The maximum atomic E-state index is 12.4. The lowest BCUT2D eigenvalue weighted by molar-refractivity contribution is 0.588. The summed E-state index contributed by atoms with van der Waals surface area (Å²) in [6.07, 6.45) is 5.87. The van der Waals surface area contributed by atoms with Gasteiger partial charge in [-0.2, -0.15) is 0 Å². The van der Waals surface area contributed by atoms with E-state index in [1.165, 1.54) is 12.4 Å². The summed E-state index contributed by atoms with van der Waals surface area (Å²) in [6.45, 7) is 0. The molecule has 0 unspecified atom stereocenters. The minimum atomic E-state index is -3.57. The van der Waals surface area contributed by atoms with Crippen LogP contribution in [-0.2, 0) is 10.0 Å². The number of imidazole rings is 1. The van der Waals surface area contributed by atoms with Gasteiger partial charge in [0.15, 0.2) is 0 Å². The van der Waals surface area contributed by atoms with Gasteiger partial charge in [0.05, 0.1) is 15.9 Å². The summed E-state index contributed by atoms with van der Waals surface area (Å²) in [4.78, 5) is 11.4. The van der Waals surface area contributed by atoms with Gasteiger partial charge in [0.1, 0.15) is 5.82 Å². The number of aromatic nitrogens is 3. The number of hydrogen-bond acceptors (Lipinski definition) is 3. The normalized spacial score (nSPS) is 12.3. The quantitative estimate of drug-likeness (QED) is 0.376. The van der Waals surface area contributed by atoms with Crippen molar-refractivity contribution in [2.24, 2.45) is 0 Å². The first kappa shape index (κ1) is 19.3. The third-order valence-corrected chi connectivity index (χ3v) is 6.74. The average molecular weight is 429 g/mol. The Bertz CT molecular complexity index is 1540. The molecule has 5 aromatic rings. The van der Waals surface area contributed by atoms with E-state index in [0.29, 0.717) is 5.56 Å². The predicted octanol–water partition coefficient (Wildman–Crippen LogP) is 4.79. The van der Waals surface area contributed by atoms with Gasteiger partial charge < -0.3 is 9.97 Å². The Labute approximate surface area is 179 Å². The fourth-order valence-corrected chi connectivity index (χ4v) is 4.62. The molecule has 6 nitrogen and oxygen atoms in total. The van der Waals surface area contributed by atoms with Crippen molar-refractivity contribution in [1.29, 1.82) is 0 Å². The van der Waals surface area contributed by atoms with Gasteiger partial charge in [-0.3, -0.25) is 0 Å². The van der Waals surface area contributed by atoms with E-state index in [0.717, 1.165) is 33.5 Å². The molecule has 0 amide bonds. The van der Waals surface area contributed by atoms with Crippen molar-refractivity contribution in [2.75, 3.05) is 7.05 Å². The number of rotatable bonds is 5. The second kappa shape index (κ2) is 7.54. The fraction of sp³-hybridized carbons (Fsp3) is 0.0417. The summed E-state index contributed by atoms with van der Waals surface area (Å²) in [7, 11) is -2.15. The summed E-state index contributed by atoms with van der Waals surface area (Å²) in [5.74, 6) is 0.731. The highest BCUT2D eigenvalue weighted by Crippen LogP contribution is 2.29. The fourth-order valence-electron chi connectivity index (χ4n) is 3.67. The van der Waals surface area contributed by atoms with Crippen LogP contribution in [0.5, 0.6) is 0 Å². The van der Waals surface area contributed by atoms with Crippen LogP contribution in [0.15, 0.2) is 77.8 Å². The second-order valence-electron chi connectivity index (χ2n) is 7.22. The molecular formula is C24H20N4O2S. The number of aromatic amines is 2. The van der Waals surface area contributed by atoms with Gasteiger partial charge in [-0.25, -0.2) is 18.1 Å². The molecule has 0 bridgehead atoms. The molecular weight excluding hydrogens is 408 g/mol. The monoisotopic (exact) mass is 428 g/mol. The number of nitrogens with zero attached hydrogens (tertiary/aromatic N) is 1. The molecule has 0 saturated carbocycles. The molecule has 2 aromatic heterocycles. The molecule has 0 aliphatic carbocycles. The van der Waals surface area contributed by atoms with Crippen LogP contribution in [-0.4, -0.2) is 30.4 Å². The van der Waals surface area contributed by atoms with Crippen LogP contribution >= 0.6 is 0 Å². The highest BCUT2D eigenvalue weighted by molar-refractivity contribution is 7.89. The molecule has 0 aliphatic rings. The highest BCUT2D eigenvalue weighted by Gasteiger charge is 2.17. The molecule has 0 aliphatic heterocycles. The van der Waals surface area contributed by atoms with Crippen molar-refractivity contribution in [1.82, 2.24) is 19.7 Å². The zero-order valence-electron chi connectivity index (χ0n) is 16.8. The van der Waals surface area contributed by atoms with Crippen molar-refractivity contribution in [3.05, 3.63) is 84.3 Å². The molecule has 0 atom stereocenters. The number of H-pyrrole nitrogens is 2. The first-order valence-corrected chi connectivity index (χ1v) is 11.3. The molecule has 31 heavy (non-hydrogen) atoms. The first-order valence-electron chi connectivity index (χ1n) is 9.81. The smallest absolute Gasteiger partial charge is 0.240 e. The summed E-state index contributed by atoms with van der Waals surface area (Å²) in [5.41, 5.74) is 5.27. The van der Waals surface area contributed by atoms with Gasteiger partial charge in [-0.15, -0.1) is 0 Å². The van der Waals surface area contributed by atoms with Gasteiger partial charge in [0.25, 0.3) is 0 Å². The van der Waals surface area contributed by atoms with E-state index in [4.69, 9.17) is 0 Å². The van der Waals surface area contributed by atoms with Gasteiger partial charge in [-0.05, 0) is 60.0 Å². The molecule has 154 valence electrons. The zero-order chi connectivity index (χ0) is 21.4. The predicted molar refractivity (Wildman–Crippen MR) is 125 cm³/mol. The van der Waals surface area contributed by atoms with Gasteiger partial charge in [0.2, 0.25) is 10.0 Å². The molecule has 0 fully saturated rings. The molecule has 5 rings (SSSR count). The summed E-state index contributed by atoms with van der Waals surface area (Å²) in [5, 5.41) is 1.17. The third-order valence-electron chi connectivity index (χ3n) is 5.27. The van der Waals surface area contributed by atoms with E-state index >= 15 is 0 Å². The molecule has 3 N–H and O–H groups in total. The van der Waals surface area contributed by atoms with Crippen LogP contribution < -0.4 is 4.72 Å². The number of nitrogens with one attached hydrogen (secondary N) is 3. The molecule has 3 aromatic carbocycles. The van der Waals surface area contributed by atoms with Crippen molar-refractivity contribution < 1.29 is 8.42 Å². The Morgan fingerprint density at radius 3 is 2.68 bits per heavy atom. The molecule has 7 heteroatoms. The second-order valence-corrected chi connectivity index (χ2v) is 9.07. The van der Waals surface area contributed by atoms with Crippen molar-refractivity contribution in [3.63, 3.8) is 0 Å². The van der Waals surface area contributed by atoms with Crippen LogP contribution in [0.25, 0.3) is 45.2 Å². The Kier molecular flexibility index (Phi) is 4.69. The Balaban J connectivity index is 1.50. The average Bonchev–Trinajstić information content (AvgIpc) is 3.43. The lowest BCUT2D eigenvalue weighted by atomic mass is 10.1. The van der Waals surface area contributed by atoms with E-state index in [1.807, 2.05) is 48.7 Å². The van der Waals surface area contributed by atoms with E-state index in [9.17, 15) is 8.42 Å². The highest BCUT2D eigenvalue weighted by atomic mass is 32.2.